The predicted molar refractivity (Wildman–Crippen MR) is 82.5 cm³/mol. The number of hydrogen-bond acceptors (Lipinski definition) is 7. The van der Waals surface area contributed by atoms with E-state index in [1.807, 2.05) is 0 Å². The second-order valence-electron chi connectivity index (χ2n) is 4.09. The molecule has 0 spiro atoms. The molecule has 0 amide bonds. The summed E-state index contributed by atoms with van der Waals surface area (Å²) in [6.07, 6.45) is 0. The Bertz CT molecular complexity index is 776. The highest BCUT2D eigenvalue weighted by molar-refractivity contribution is 9.10. The van der Waals surface area contributed by atoms with Crippen LogP contribution < -0.4 is 5.73 Å². The Hall–Kier alpha value is -2.88. The lowest BCUT2D eigenvalue weighted by Crippen LogP contribution is -1.96. The number of nitrogens with two attached hydrogens (primary N) is 1. The summed E-state index contributed by atoms with van der Waals surface area (Å²) in [5, 5.41) is 29.1. The van der Waals surface area contributed by atoms with Crippen LogP contribution in [0.2, 0.25) is 0 Å². The van der Waals surface area contributed by atoms with Crippen LogP contribution in [0.15, 0.2) is 51.1 Å². The highest BCUT2D eigenvalue weighted by atomic mass is 79.9. The molecular weight excluding hydrogens is 358 g/mol. The number of hydrogen-bond donors (Lipinski definition) is 1. The van der Waals surface area contributed by atoms with Gasteiger partial charge < -0.3 is 5.73 Å². The van der Waals surface area contributed by atoms with Crippen molar-refractivity contribution in [1.29, 1.82) is 0 Å². The van der Waals surface area contributed by atoms with Gasteiger partial charge in [0.1, 0.15) is 5.69 Å². The van der Waals surface area contributed by atoms with E-state index in [2.05, 4.69) is 26.2 Å². The molecule has 2 N–H and O–H groups in total. The van der Waals surface area contributed by atoms with E-state index in [1.165, 1.54) is 36.4 Å². The molecule has 0 saturated carbocycles. The number of nitrogen functional groups attached to an aromatic ring is 1. The summed E-state index contributed by atoms with van der Waals surface area (Å²) in [5.74, 6) is 0. The first-order chi connectivity index (χ1) is 10.4. The highest BCUT2D eigenvalue weighted by Gasteiger charge is 2.15. The number of rotatable bonds is 4. The van der Waals surface area contributed by atoms with E-state index in [0.717, 1.165) is 0 Å². The Kier molecular flexibility index (Phi) is 4.41. The minimum atomic E-state index is -0.620. The van der Waals surface area contributed by atoms with Crippen LogP contribution in [0.1, 0.15) is 0 Å². The van der Waals surface area contributed by atoms with Crippen LogP contribution in [-0.4, -0.2) is 9.85 Å². The fourth-order valence-electron chi connectivity index (χ4n) is 1.55. The van der Waals surface area contributed by atoms with Gasteiger partial charge in [-0.3, -0.25) is 20.2 Å². The van der Waals surface area contributed by atoms with Gasteiger partial charge in [-0.25, -0.2) is 0 Å². The topological polar surface area (TPSA) is 137 Å². The zero-order chi connectivity index (χ0) is 16.3. The third-order valence-electron chi connectivity index (χ3n) is 2.63. The highest BCUT2D eigenvalue weighted by Crippen LogP contribution is 2.35. The Morgan fingerprint density at radius 3 is 2.09 bits per heavy atom. The number of anilines is 1. The molecule has 0 saturated heterocycles. The van der Waals surface area contributed by atoms with Crippen molar-refractivity contribution in [1.82, 2.24) is 0 Å². The van der Waals surface area contributed by atoms with Gasteiger partial charge in [-0.2, -0.15) is 10.2 Å². The molecule has 0 aromatic heterocycles. The maximum atomic E-state index is 10.9. The minimum absolute atomic E-state index is 0.000661. The summed E-state index contributed by atoms with van der Waals surface area (Å²) in [6.45, 7) is 0. The number of halogens is 1. The monoisotopic (exact) mass is 365 g/mol. The zero-order valence-corrected chi connectivity index (χ0v) is 12.4. The van der Waals surface area contributed by atoms with E-state index in [1.54, 1.807) is 0 Å². The van der Waals surface area contributed by atoms with Crippen molar-refractivity contribution in [3.8, 4) is 0 Å². The summed E-state index contributed by atoms with van der Waals surface area (Å²) in [5.41, 5.74) is 5.83. The molecule has 2 aromatic carbocycles. The number of benzene rings is 2. The number of nitro groups is 2. The van der Waals surface area contributed by atoms with Gasteiger partial charge in [0.25, 0.3) is 11.4 Å². The summed E-state index contributed by atoms with van der Waals surface area (Å²) >= 11 is 3.11. The second-order valence-corrected chi connectivity index (χ2v) is 4.95. The molecule has 2 rings (SSSR count). The van der Waals surface area contributed by atoms with Crippen LogP contribution in [0.3, 0.4) is 0 Å². The lowest BCUT2D eigenvalue weighted by atomic mass is 10.2. The van der Waals surface area contributed by atoms with E-state index in [9.17, 15) is 20.2 Å². The normalized spacial score (nSPS) is 10.8. The number of nitro benzene ring substituents is 2. The van der Waals surface area contributed by atoms with Crippen LogP contribution in [0, 0.1) is 20.2 Å². The average molecular weight is 366 g/mol. The Labute approximate surface area is 131 Å². The maximum Gasteiger partial charge on any atom is 0.295 e. The van der Waals surface area contributed by atoms with Crippen molar-refractivity contribution in [3.05, 3.63) is 61.1 Å². The van der Waals surface area contributed by atoms with Gasteiger partial charge in [0.2, 0.25) is 0 Å². The van der Waals surface area contributed by atoms with Gasteiger partial charge in [0.05, 0.1) is 21.2 Å². The molecule has 112 valence electrons. The number of nitrogens with zero attached hydrogens (tertiary/aromatic N) is 4. The molecule has 0 aliphatic rings. The maximum absolute atomic E-state index is 10.9. The van der Waals surface area contributed by atoms with Crippen LogP contribution in [0.4, 0.5) is 28.4 Å². The molecule has 0 aliphatic carbocycles. The molecular formula is C12H8BrN5O4. The van der Waals surface area contributed by atoms with E-state index in [-0.39, 0.29) is 22.7 Å². The summed E-state index contributed by atoms with van der Waals surface area (Å²) in [6, 6.07) is 8.09. The third kappa shape index (κ3) is 3.41. The molecule has 2 aromatic rings. The Morgan fingerprint density at radius 1 is 0.955 bits per heavy atom. The quantitative estimate of drug-likeness (QED) is 0.373. The first kappa shape index (κ1) is 15.5. The lowest BCUT2D eigenvalue weighted by molar-refractivity contribution is -0.384. The van der Waals surface area contributed by atoms with Gasteiger partial charge in [0.15, 0.2) is 0 Å². The third-order valence-corrected chi connectivity index (χ3v) is 3.29. The van der Waals surface area contributed by atoms with Crippen LogP contribution in [-0.2, 0) is 0 Å². The molecule has 0 radical (unpaired) electrons. The molecule has 0 atom stereocenters. The average Bonchev–Trinajstić information content (AvgIpc) is 2.48. The SMILES string of the molecule is Nc1c(Br)cc(N=Nc2ccc([N+](=O)[O-])cc2)cc1[N+](=O)[O-]. The fourth-order valence-corrected chi connectivity index (χ4v) is 1.99. The van der Waals surface area contributed by atoms with E-state index in [0.29, 0.717) is 10.2 Å². The van der Waals surface area contributed by atoms with E-state index < -0.39 is 9.85 Å². The van der Waals surface area contributed by atoms with Crippen molar-refractivity contribution in [3.63, 3.8) is 0 Å². The molecule has 0 aliphatic heterocycles. The van der Waals surface area contributed by atoms with Gasteiger partial charge >= 0.3 is 0 Å². The molecule has 0 heterocycles. The van der Waals surface area contributed by atoms with Crippen molar-refractivity contribution in [2.45, 2.75) is 0 Å². The molecule has 22 heavy (non-hydrogen) atoms. The first-order valence-electron chi connectivity index (χ1n) is 5.78. The fraction of sp³-hybridized carbons (Fsp3) is 0. The summed E-state index contributed by atoms with van der Waals surface area (Å²) in [4.78, 5) is 20.3. The first-order valence-corrected chi connectivity index (χ1v) is 6.57. The smallest absolute Gasteiger partial charge is 0.295 e. The van der Waals surface area contributed by atoms with Crippen molar-refractivity contribution < 1.29 is 9.85 Å². The molecule has 0 fully saturated rings. The van der Waals surface area contributed by atoms with Gasteiger partial charge in [-0.1, -0.05) is 0 Å². The Morgan fingerprint density at radius 2 is 1.55 bits per heavy atom. The van der Waals surface area contributed by atoms with Crippen LogP contribution in [0.25, 0.3) is 0 Å². The van der Waals surface area contributed by atoms with Crippen LogP contribution in [0.5, 0.6) is 0 Å². The largest absolute Gasteiger partial charge is 0.392 e. The number of non-ortho nitro benzene ring substituents is 1. The van der Waals surface area contributed by atoms with Crippen molar-refractivity contribution in [2.24, 2.45) is 10.2 Å². The predicted octanol–water partition coefficient (Wildman–Crippen LogP) is 4.26. The van der Waals surface area contributed by atoms with E-state index in [4.69, 9.17) is 5.73 Å². The zero-order valence-electron chi connectivity index (χ0n) is 10.8. The molecule has 9 nitrogen and oxygen atoms in total. The van der Waals surface area contributed by atoms with Crippen LogP contribution >= 0.6 is 15.9 Å². The standard InChI is InChI=1S/C12H8BrN5O4/c13-10-5-8(6-11(12(10)14)18(21)22)16-15-7-1-3-9(4-2-7)17(19)20/h1-6H,14H2. The summed E-state index contributed by atoms with van der Waals surface area (Å²) < 4.78 is 0.333. The minimum Gasteiger partial charge on any atom is -0.392 e. The molecule has 0 bridgehead atoms. The number of azo groups is 1. The van der Waals surface area contributed by atoms with Gasteiger partial charge in [-0.05, 0) is 34.1 Å². The lowest BCUT2D eigenvalue weighted by Gasteiger charge is -2.01. The Balaban J connectivity index is 2.30. The van der Waals surface area contributed by atoms with E-state index >= 15 is 0 Å². The summed E-state index contributed by atoms with van der Waals surface area (Å²) in [7, 11) is 0. The second kappa shape index (κ2) is 6.26. The van der Waals surface area contributed by atoms with Gasteiger partial charge in [-0.15, -0.1) is 0 Å². The van der Waals surface area contributed by atoms with Crippen molar-refractivity contribution in [2.75, 3.05) is 5.73 Å². The molecule has 0 unspecified atom stereocenters. The van der Waals surface area contributed by atoms with Gasteiger partial charge in [0, 0.05) is 22.7 Å². The van der Waals surface area contributed by atoms with Crippen molar-refractivity contribution >= 4 is 44.4 Å². The molecule has 10 heteroatoms.